The number of aryl methyl sites for hydroxylation is 1. The maximum atomic E-state index is 12.0. The van der Waals surface area contributed by atoms with Crippen LogP contribution in [0.5, 0.6) is 0 Å². The Balaban J connectivity index is 2.25. The zero-order valence-electron chi connectivity index (χ0n) is 10.5. The summed E-state index contributed by atoms with van der Waals surface area (Å²) in [4.78, 5) is 25.3. The molecular weight excluding hydrogens is 230 g/mol. The van der Waals surface area contributed by atoms with E-state index in [1.54, 1.807) is 4.90 Å². The van der Waals surface area contributed by atoms with Gasteiger partial charge in [0.25, 0.3) is 0 Å². The monoisotopic (exact) mass is 247 g/mol. The second-order valence-corrected chi connectivity index (χ2v) is 4.43. The first kappa shape index (κ1) is 12.8. The number of fused-ring (bicyclic) bond motifs is 1. The average molecular weight is 247 g/mol. The third-order valence-electron chi connectivity index (χ3n) is 3.06. The Morgan fingerprint density at radius 2 is 2.11 bits per heavy atom. The Kier molecular flexibility index (Phi) is 4.10. The van der Waals surface area contributed by atoms with E-state index in [1.807, 2.05) is 24.3 Å². The number of hydrogen-bond donors (Lipinski definition) is 0. The van der Waals surface area contributed by atoms with Crippen molar-refractivity contribution in [2.75, 3.05) is 25.2 Å². The molecule has 1 amide bonds. The third kappa shape index (κ3) is 2.76. The fourth-order valence-electron chi connectivity index (χ4n) is 2.24. The zero-order valence-corrected chi connectivity index (χ0v) is 10.5. The normalized spacial score (nSPS) is 15.2. The van der Waals surface area contributed by atoms with E-state index < -0.39 is 0 Å². The highest BCUT2D eigenvalue weighted by molar-refractivity contribution is 6.00. The van der Waals surface area contributed by atoms with E-state index in [1.165, 1.54) is 7.11 Å². The van der Waals surface area contributed by atoms with Crippen molar-refractivity contribution in [3.63, 3.8) is 0 Å². The smallest absolute Gasteiger partial charge is 0.227 e. The van der Waals surface area contributed by atoms with Crippen LogP contribution in [-0.2, 0) is 20.7 Å². The number of hydrogen-bond acceptors (Lipinski definition) is 3. The van der Waals surface area contributed by atoms with Crippen molar-refractivity contribution in [3.05, 3.63) is 29.8 Å². The number of benzene rings is 1. The Bertz CT molecular complexity index is 456. The molecule has 0 bridgehead atoms. The van der Waals surface area contributed by atoms with Gasteiger partial charge in [-0.2, -0.15) is 0 Å². The molecule has 1 aromatic rings. The summed E-state index contributed by atoms with van der Waals surface area (Å²) < 4.78 is 4.81. The molecule has 2 rings (SSSR count). The van der Waals surface area contributed by atoms with Gasteiger partial charge in [0, 0.05) is 19.2 Å². The molecule has 1 aliphatic rings. The zero-order chi connectivity index (χ0) is 13.0. The molecule has 0 aromatic heterocycles. The van der Waals surface area contributed by atoms with Crippen LogP contribution in [0, 0.1) is 0 Å². The Labute approximate surface area is 107 Å². The van der Waals surface area contributed by atoms with Crippen LogP contribution < -0.4 is 4.90 Å². The van der Waals surface area contributed by atoms with Crippen molar-refractivity contribution < 1.29 is 14.3 Å². The first-order valence-electron chi connectivity index (χ1n) is 6.11. The van der Waals surface area contributed by atoms with Gasteiger partial charge in [-0.15, -0.1) is 0 Å². The molecule has 1 aliphatic heterocycles. The van der Waals surface area contributed by atoms with E-state index in [9.17, 15) is 9.59 Å². The van der Waals surface area contributed by atoms with E-state index in [0.717, 1.165) is 24.1 Å². The molecule has 1 heterocycles. The van der Waals surface area contributed by atoms with Gasteiger partial charge >= 0.3 is 0 Å². The minimum atomic E-state index is -0.0810. The predicted molar refractivity (Wildman–Crippen MR) is 68.6 cm³/mol. The number of ketones is 1. The predicted octanol–water partition coefficient (Wildman–Crippen LogP) is 1.57. The van der Waals surface area contributed by atoms with Gasteiger partial charge in [-0.1, -0.05) is 18.2 Å². The first-order valence-corrected chi connectivity index (χ1v) is 6.11. The molecule has 0 unspecified atom stereocenters. The minimum absolute atomic E-state index is 0.0180. The molecular formula is C14H17NO3. The molecule has 0 saturated carbocycles. The molecule has 0 N–H and O–H groups in total. The van der Waals surface area contributed by atoms with Crippen LogP contribution in [0.3, 0.4) is 0 Å². The molecule has 18 heavy (non-hydrogen) atoms. The molecule has 4 nitrogen and oxygen atoms in total. The number of methoxy groups -OCH3 is 1. The summed E-state index contributed by atoms with van der Waals surface area (Å²) in [6.45, 7) is 0.148. The first-order chi connectivity index (χ1) is 8.72. The van der Waals surface area contributed by atoms with Crippen molar-refractivity contribution in [3.8, 4) is 0 Å². The molecule has 4 heteroatoms. The summed E-state index contributed by atoms with van der Waals surface area (Å²) >= 11 is 0. The van der Waals surface area contributed by atoms with Crippen molar-refractivity contribution in [2.45, 2.75) is 19.3 Å². The largest absolute Gasteiger partial charge is 0.377 e. The van der Waals surface area contributed by atoms with E-state index in [4.69, 9.17) is 4.74 Å². The molecule has 96 valence electrons. The highest BCUT2D eigenvalue weighted by atomic mass is 16.5. The molecule has 0 atom stereocenters. The van der Waals surface area contributed by atoms with E-state index in [2.05, 4.69) is 0 Å². The molecule has 0 spiro atoms. The third-order valence-corrected chi connectivity index (χ3v) is 3.06. The number of carbonyl (C=O) groups is 2. The Morgan fingerprint density at radius 3 is 2.89 bits per heavy atom. The highest BCUT2D eigenvalue weighted by Crippen LogP contribution is 2.26. The van der Waals surface area contributed by atoms with Gasteiger partial charge in [0.15, 0.2) is 5.78 Å². The lowest BCUT2D eigenvalue weighted by atomic mass is 10.1. The maximum Gasteiger partial charge on any atom is 0.227 e. The van der Waals surface area contributed by atoms with Crippen molar-refractivity contribution in [1.29, 1.82) is 0 Å². The maximum absolute atomic E-state index is 12.0. The lowest BCUT2D eigenvalue weighted by molar-refractivity contribution is -0.124. The molecule has 0 saturated heterocycles. The standard InChI is InChI=1S/C14H17NO3/c1-18-10-12(16)9-15-13-7-3-2-5-11(13)6-4-8-14(15)17/h2-3,5,7H,4,6,8-10H2,1H3. The number of rotatable bonds is 4. The van der Waals surface area contributed by atoms with Crippen LogP contribution >= 0.6 is 0 Å². The Hall–Kier alpha value is -1.68. The fourth-order valence-corrected chi connectivity index (χ4v) is 2.24. The number of para-hydroxylation sites is 1. The Morgan fingerprint density at radius 1 is 1.33 bits per heavy atom. The summed E-state index contributed by atoms with van der Waals surface area (Å²) in [5.41, 5.74) is 2.00. The van der Waals surface area contributed by atoms with Crippen LogP contribution in [-0.4, -0.2) is 32.0 Å². The summed E-state index contributed by atoms with van der Waals surface area (Å²) in [6.07, 6.45) is 2.22. The second kappa shape index (κ2) is 5.78. The quantitative estimate of drug-likeness (QED) is 0.811. The number of anilines is 1. The van der Waals surface area contributed by atoms with Gasteiger partial charge in [-0.3, -0.25) is 9.59 Å². The van der Waals surface area contributed by atoms with Crippen LogP contribution in [0.15, 0.2) is 24.3 Å². The number of carbonyl (C=O) groups excluding carboxylic acids is 2. The van der Waals surface area contributed by atoms with Crippen molar-refractivity contribution in [1.82, 2.24) is 0 Å². The van der Waals surface area contributed by atoms with Crippen LogP contribution in [0.25, 0.3) is 0 Å². The van der Waals surface area contributed by atoms with Gasteiger partial charge in [0.1, 0.15) is 6.61 Å². The van der Waals surface area contributed by atoms with E-state index in [-0.39, 0.29) is 24.8 Å². The summed E-state index contributed by atoms with van der Waals surface area (Å²) in [7, 11) is 1.48. The van der Waals surface area contributed by atoms with Gasteiger partial charge in [-0.05, 0) is 24.5 Å². The van der Waals surface area contributed by atoms with E-state index >= 15 is 0 Å². The second-order valence-electron chi connectivity index (χ2n) is 4.43. The van der Waals surface area contributed by atoms with Crippen LogP contribution in [0.1, 0.15) is 18.4 Å². The SMILES string of the molecule is COCC(=O)CN1C(=O)CCCc2ccccc21. The minimum Gasteiger partial charge on any atom is -0.377 e. The fraction of sp³-hybridized carbons (Fsp3) is 0.429. The number of nitrogens with zero attached hydrogens (tertiary/aromatic N) is 1. The van der Waals surface area contributed by atoms with Crippen LogP contribution in [0.4, 0.5) is 5.69 Å². The molecule has 0 fully saturated rings. The van der Waals surface area contributed by atoms with Gasteiger partial charge < -0.3 is 9.64 Å². The van der Waals surface area contributed by atoms with Crippen molar-refractivity contribution in [2.24, 2.45) is 0 Å². The highest BCUT2D eigenvalue weighted by Gasteiger charge is 2.23. The number of amides is 1. The molecule has 0 radical (unpaired) electrons. The summed E-state index contributed by atoms with van der Waals surface area (Å²) in [5.74, 6) is -0.0630. The summed E-state index contributed by atoms with van der Waals surface area (Å²) in [5, 5.41) is 0. The van der Waals surface area contributed by atoms with Gasteiger partial charge in [0.2, 0.25) is 5.91 Å². The number of Topliss-reactive ketones (excluding diaryl/α,β-unsaturated/α-hetero) is 1. The number of ether oxygens (including phenoxy) is 1. The molecule has 0 aliphatic carbocycles. The summed E-state index contributed by atoms with van der Waals surface area (Å²) in [6, 6.07) is 7.77. The topological polar surface area (TPSA) is 46.6 Å². The van der Waals surface area contributed by atoms with E-state index in [0.29, 0.717) is 6.42 Å². The van der Waals surface area contributed by atoms with Crippen molar-refractivity contribution >= 4 is 17.4 Å². The van der Waals surface area contributed by atoms with Gasteiger partial charge in [-0.25, -0.2) is 0 Å². The lowest BCUT2D eigenvalue weighted by Gasteiger charge is -2.22. The molecule has 1 aromatic carbocycles. The van der Waals surface area contributed by atoms with Crippen LogP contribution in [0.2, 0.25) is 0 Å². The van der Waals surface area contributed by atoms with Gasteiger partial charge in [0.05, 0.1) is 6.54 Å². The average Bonchev–Trinajstić information content (AvgIpc) is 2.51. The lowest BCUT2D eigenvalue weighted by Crippen LogP contribution is -2.36.